The number of amides is 1. The topological polar surface area (TPSA) is 41.6 Å². The van der Waals surface area contributed by atoms with E-state index >= 15 is 0 Å². The molecule has 0 radical (unpaired) electrons. The van der Waals surface area contributed by atoms with Gasteiger partial charge in [-0.1, -0.05) is 70.0 Å². The SMILES string of the molecule is CC.CC=CC.CCNC(C)C1CCC1.COc1ccc(C)cc1C(=O)N1C[C@H](C)Cc2c(C)cccc21. The van der Waals surface area contributed by atoms with Crippen molar-refractivity contribution in [1.29, 1.82) is 0 Å². The number of benzene rings is 2. The average Bonchev–Trinajstić information content (AvgIpc) is 2.89. The third-order valence-electron chi connectivity index (χ3n) is 7.27. The van der Waals surface area contributed by atoms with Crippen LogP contribution in [0.1, 0.15) is 94.8 Å². The summed E-state index contributed by atoms with van der Waals surface area (Å²) in [6.45, 7) is 20.6. The molecule has 0 bridgehead atoms. The fraction of sp³-hybridized carbons (Fsp3) is 0.559. The van der Waals surface area contributed by atoms with Crippen LogP contribution in [0.4, 0.5) is 5.69 Å². The van der Waals surface area contributed by atoms with E-state index in [1.807, 2.05) is 82.0 Å². The Balaban J connectivity index is 0.000000398. The number of carbonyl (C=O) groups is 1. The van der Waals surface area contributed by atoms with Crippen molar-refractivity contribution >= 4 is 11.6 Å². The molecule has 2 atom stereocenters. The van der Waals surface area contributed by atoms with Crippen LogP contribution in [0.2, 0.25) is 0 Å². The quantitative estimate of drug-likeness (QED) is 0.400. The number of fused-ring (bicyclic) bond motifs is 1. The number of anilines is 1. The zero-order chi connectivity index (χ0) is 28.7. The van der Waals surface area contributed by atoms with Crippen molar-refractivity contribution in [2.75, 3.05) is 25.1 Å². The first-order valence-corrected chi connectivity index (χ1v) is 14.6. The first kappa shape index (κ1) is 33.4. The van der Waals surface area contributed by atoms with Crippen LogP contribution < -0.4 is 15.0 Å². The molecular weight excluding hydrogens is 468 g/mol. The molecule has 1 aliphatic carbocycles. The number of carbonyl (C=O) groups excluding carboxylic acids is 1. The van der Waals surface area contributed by atoms with Gasteiger partial charge in [-0.15, -0.1) is 0 Å². The van der Waals surface area contributed by atoms with Crippen LogP contribution in [0.3, 0.4) is 0 Å². The molecule has 1 saturated carbocycles. The summed E-state index contributed by atoms with van der Waals surface area (Å²) < 4.78 is 5.40. The number of hydrogen-bond acceptors (Lipinski definition) is 3. The molecule has 2 aromatic rings. The average molecular weight is 523 g/mol. The lowest BCUT2D eigenvalue weighted by Crippen LogP contribution is -2.39. The van der Waals surface area contributed by atoms with Crippen LogP contribution in [-0.2, 0) is 6.42 Å². The number of rotatable bonds is 5. The van der Waals surface area contributed by atoms with Gasteiger partial charge < -0.3 is 15.0 Å². The van der Waals surface area contributed by atoms with E-state index in [2.05, 4.69) is 39.1 Å². The Bertz CT molecular complexity index is 990. The van der Waals surface area contributed by atoms with Crippen molar-refractivity contribution < 1.29 is 9.53 Å². The summed E-state index contributed by atoms with van der Waals surface area (Å²) in [6.07, 6.45) is 9.39. The van der Waals surface area contributed by atoms with Gasteiger partial charge in [0.2, 0.25) is 0 Å². The minimum atomic E-state index is 0.0175. The monoisotopic (exact) mass is 522 g/mol. The van der Waals surface area contributed by atoms with Crippen molar-refractivity contribution in [3.8, 4) is 5.75 Å². The van der Waals surface area contributed by atoms with E-state index in [4.69, 9.17) is 4.74 Å². The van der Waals surface area contributed by atoms with Gasteiger partial charge in [0.15, 0.2) is 0 Å². The zero-order valence-electron chi connectivity index (χ0n) is 25.9. The number of aryl methyl sites for hydroxylation is 2. The van der Waals surface area contributed by atoms with Crippen LogP contribution in [0, 0.1) is 25.7 Å². The third kappa shape index (κ3) is 9.62. The predicted octanol–water partition coefficient (Wildman–Crippen LogP) is 8.54. The maximum absolute atomic E-state index is 13.2. The number of nitrogens with one attached hydrogen (secondary N) is 1. The molecule has 1 heterocycles. The Hall–Kier alpha value is -2.59. The lowest BCUT2D eigenvalue weighted by molar-refractivity contribution is 0.0978. The van der Waals surface area contributed by atoms with Crippen molar-refractivity contribution in [3.63, 3.8) is 0 Å². The van der Waals surface area contributed by atoms with Gasteiger partial charge in [0.25, 0.3) is 5.91 Å². The number of hydrogen-bond donors (Lipinski definition) is 1. The van der Waals surface area contributed by atoms with Crippen molar-refractivity contribution in [3.05, 3.63) is 70.8 Å². The summed E-state index contributed by atoms with van der Waals surface area (Å²) >= 11 is 0. The second-order valence-corrected chi connectivity index (χ2v) is 10.2. The van der Waals surface area contributed by atoms with Gasteiger partial charge in [-0.2, -0.15) is 0 Å². The highest BCUT2D eigenvalue weighted by Gasteiger charge is 2.29. The van der Waals surface area contributed by atoms with Gasteiger partial charge in [-0.25, -0.2) is 0 Å². The van der Waals surface area contributed by atoms with Gasteiger partial charge in [0.05, 0.1) is 12.7 Å². The van der Waals surface area contributed by atoms with Crippen LogP contribution >= 0.6 is 0 Å². The lowest BCUT2D eigenvalue weighted by Gasteiger charge is -2.34. The number of ether oxygens (including phenoxy) is 1. The van der Waals surface area contributed by atoms with E-state index in [9.17, 15) is 4.79 Å². The molecule has 1 unspecified atom stereocenters. The molecule has 212 valence electrons. The van der Waals surface area contributed by atoms with Crippen LogP contribution in [-0.4, -0.2) is 32.1 Å². The molecule has 1 aliphatic heterocycles. The largest absolute Gasteiger partial charge is 0.496 e. The molecule has 0 aromatic heterocycles. The van der Waals surface area contributed by atoms with E-state index in [1.54, 1.807) is 7.11 Å². The smallest absolute Gasteiger partial charge is 0.262 e. The summed E-state index contributed by atoms with van der Waals surface area (Å²) in [5.41, 5.74) is 5.27. The molecular formula is C34H54N2O2. The van der Waals surface area contributed by atoms with Crippen LogP contribution in [0.5, 0.6) is 5.75 Å². The molecule has 4 heteroatoms. The highest BCUT2D eigenvalue weighted by Crippen LogP contribution is 2.34. The Morgan fingerprint density at radius 1 is 1.13 bits per heavy atom. The Morgan fingerprint density at radius 2 is 1.79 bits per heavy atom. The van der Waals surface area contributed by atoms with E-state index < -0.39 is 0 Å². The lowest BCUT2D eigenvalue weighted by atomic mass is 9.80. The maximum Gasteiger partial charge on any atom is 0.262 e. The highest BCUT2D eigenvalue weighted by atomic mass is 16.5. The van der Waals surface area contributed by atoms with Crippen LogP contribution in [0.25, 0.3) is 0 Å². The van der Waals surface area contributed by atoms with Crippen molar-refractivity contribution in [2.24, 2.45) is 11.8 Å². The molecule has 1 N–H and O–H groups in total. The molecule has 0 spiro atoms. The summed E-state index contributed by atoms with van der Waals surface area (Å²) in [7, 11) is 1.61. The molecule has 1 amide bonds. The summed E-state index contributed by atoms with van der Waals surface area (Å²) in [5.74, 6) is 2.09. The standard InChI is InChI=1S/C20H23NO2.C8H17N.C4H8.C2H6/c1-13-8-9-19(23-4)17(10-13)20(22)21-12-14(2)11-16-15(3)6-5-7-18(16)21;1-3-9-7(2)8-5-4-6-8;1-3-4-2;1-2/h5-10,14H,11-12H2,1-4H3;7-9H,3-6H2,1-2H3;3-4H,1-2H3;1-2H3/t14-;;;/m1.../s1. The number of methoxy groups -OCH3 is 1. The van der Waals surface area contributed by atoms with Gasteiger partial charge in [-0.05, 0) is 102 Å². The van der Waals surface area contributed by atoms with Gasteiger partial charge in [-0.3, -0.25) is 4.79 Å². The van der Waals surface area contributed by atoms with Crippen LogP contribution in [0.15, 0.2) is 48.6 Å². The fourth-order valence-corrected chi connectivity index (χ4v) is 4.78. The second kappa shape index (κ2) is 17.8. The highest BCUT2D eigenvalue weighted by molar-refractivity contribution is 6.08. The van der Waals surface area contributed by atoms with E-state index in [-0.39, 0.29) is 5.91 Å². The normalized spacial score (nSPS) is 16.9. The summed E-state index contributed by atoms with van der Waals surface area (Å²) in [4.78, 5) is 15.1. The minimum absolute atomic E-state index is 0.0175. The minimum Gasteiger partial charge on any atom is -0.496 e. The van der Waals surface area contributed by atoms with Gasteiger partial charge >= 0.3 is 0 Å². The van der Waals surface area contributed by atoms with E-state index in [0.29, 0.717) is 17.2 Å². The zero-order valence-corrected chi connectivity index (χ0v) is 25.9. The van der Waals surface area contributed by atoms with Gasteiger partial charge in [0, 0.05) is 18.3 Å². The fourth-order valence-electron chi connectivity index (χ4n) is 4.78. The summed E-state index contributed by atoms with van der Waals surface area (Å²) in [5, 5.41) is 3.45. The van der Waals surface area contributed by atoms with Crippen molar-refractivity contribution in [2.45, 2.75) is 94.0 Å². The molecule has 38 heavy (non-hydrogen) atoms. The van der Waals surface area contributed by atoms with Crippen molar-refractivity contribution in [1.82, 2.24) is 5.32 Å². The Morgan fingerprint density at radius 3 is 2.32 bits per heavy atom. The van der Waals surface area contributed by atoms with Gasteiger partial charge in [0.1, 0.15) is 5.75 Å². The summed E-state index contributed by atoms with van der Waals surface area (Å²) in [6, 6.07) is 12.7. The molecule has 1 fully saturated rings. The maximum atomic E-state index is 13.2. The molecule has 2 aromatic carbocycles. The predicted molar refractivity (Wildman–Crippen MR) is 166 cm³/mol. The molecule has 2 aliphatic rings. The molecule has 4 rings (SSSR count). The Kier molecular flexibility index (Phi) is 15.7. The number of nitrogens with zero attached hydrogens (tertiary/aromatic N) is 1. The third-order valence-corrected chi connectivity index (χ3v) is 7.27. The first-order valence-electron chi connectivity index (χ1n) is 14.6. The van der Waals surface area contributed by atoms with E-state index in [1.165, 1.54) is 30.4 Å². The second-order valence-electron chi connectivity index (χ2n) is 10.2. The first-order chi connectivity index (χ1) is 18.3. The molecule has 0 saturated heterocycles. The number of allylic oxidation sites excluding steroid dienone is 2. The van der Waals surface area contributed by atoms with E-state index in [0.717, 1.165) is 42.7 Å². The molecule has 4 nitrogen and oxygen atoms in total. The Labute approximate surface area is 233 Å².